The zero-order valence-electron chi connectivity index (χ0n) is 5.95. The predicted octanol–water partition coefficient (Wildman–Crippen LogP) is 1.42. The van der Waals surface area contributed by atoms with Crippen LogP contribution in [-0.4, -0.2) is 4.89 Å². The van der Waals surface area contributed by atoms with E-state index in [0.717, 1.165) is 5.56 Å². The summed E-state index contributed by atoms with van der Waals surface area (Å²) < 4.78 is 10.6. The van der Waals surface area contributed by atoms with Gasteiger partial charge in [-0.3, -0.25) is 4.57 Å². The third-order valence-corrected chi connectivity index (χ3v) is 2.22. The number of rotatable bonds is 2. The van der Waals surface area contributed by atoms with Crippen LogP contribution >= 0.6 is 8.03 Å². The van der Waals surface area contributed by atoms with Gasteiger partial charge in [-0.1, -0.05) is 24.8 Å². The molecule has 2 nitrogen and oxygen atoms in total. The van der Waals surface area contributed by atoms with E-state index in [9.17, 15) is 4.57 Å². The molecule has 1 rings (SSSR count). The normalized spacial score (nSPS) is 12.5. The van der Waals surface area contributed by atoms with Crippen molar-refractivity contribution in [2.24, 2.45) is 0 Å². The molecule has 0 aliphatic heterocycles. The third-order valence-electron chi connectivity index (χ3n) is 1.39. The molecule has 58 valence electrons. The zero-order chi connectivity index (χ0) is 8.27. The maximum atomic E-state index is 10.6. The number of benzene rings is 1. The smallest absolute Gasteiger partial charge is 0.218 e. The van der Waals surface area contributed by atoms with E-state index in [1.54, 1.807) is 30.3 Å². The molecule has 1 N–H and O–H groups in total. The van der Waals surface area contributed by atoms with Crippen LogP contribution in [0.3, 0.4) is 0 Å². The Morgan fingerprint density at radius 3 is 2.27 bits per heavy atom. The molecule has 11 heavy (non-hydrogen) atoms. The Morgan fingerprint density at radius 2 is 1.91 bits per heavy atom. The second kappa shape index (κ2) is 3.51. The first kappa shape index (κ1) is 8.25. The molecule has 1 aromatic carbocycles. The number of hydrogen-bond donors (Lipinski definition) is 1. The molecular formula is C8H9O2P. The Hall–Kier alpha value is -0.850. The molecule has 0 spiro atoms. The Morgan fingerprint density at radius 1 is 1.36 bits per heavy atom. The second-order valence-electron chi connectivity index (χ2n) is 2.13. The van der Waals surface area contributed by atoms with Gasteiger partial charge in [0.1, 0.15) is 0 Å². The van der Waals surface area contributed by atoms with Crippen molar-refractivity contribution in [1.82, 2.24) is 0 Å². The minimum absolute atomic E-state index is 0.487. The molecule has 0 aliphatic carbocycles. The van der Waals surface area contributed by atoms with Gasteiger partial charge in [-0.25, -0.2) is 0 Å². The van der Waals surface area contributed by atoms with Crippen molar-refractivity contribution in [2.45, 2.75) is 0 Å². The average Bonchev–Trinajstić information content (AvgIpc) is 2.05. The lowest BCUT2D eigenvalue weighted by molar-refractivity contribution is 0.513. The van der Waals surface area contributed by atoms with Gasteiger partial charge in [-0.2, -0.15) is 0 Å². The third kappa shape index (κ3) is 2.04. The monoisotopic (exact) mass is 168 g/mol. The first-order valence-electron chi connectivity index (χ1n) is 3.20. The Balaban J connectivity index is 3.00. The van der Waals surface area contributed by atoms with E-state index in [1.165, 1.54) is 0 Å². The summed E-state index contributed by atoms with van der Waals surface area (Å²) in [6, 6.07) is 6.80. The van der Waals surface area contributed by atoms with Crippen LogP contribution in [-0.2, 0) is 4.57 Å². The van der Waals surface area contributed by atoms with E-state index in [0.29, 0.717) is 5.30 Å². The molecule has 0 radical (unpaired) electrons. The van der Waals surface area contributed by atoms with E-state index in [-0.39, 0.29) is 0 Å². The Bertz CT molecular complexity index is 277. The standard InChI is InChI=1S/C8H9O2P/c1-2-7-3-5-8(6-4-7)11(9)10/h2-6,11H,1H2,(H,9,10). The molecule has 0 aromatic heterocycles. The quantitative estimate of drug-likeness (QED) is 0.678. The summed E-state index contributed by atoms with van der Waals surface area (Å²) >= 11 is 0. The van der Waals surface area contributed by atoms with E-state index < -0.39 is 8.03 Å². The highest BCUT2D eigenvalue weighted by Gasteiger charge is 1.95. The van der Waals surface area contributed by atoms with E-state index >= 15 is 0 Å². The van der Waals surface area contributed by atoms with Gasteiger partial charge >= 0.3 is 0 Å². The molecule has 0 amide bonds. The van der Waals surface area contributed by atoms with Gasteiger partial charge in [0.15, 0.2) is 0 Å². The molecule has 0 saturated heterocycles. The Kier molecular flexibility index (Phi) is 2.64. The molecule has 1 atom stereocenters. The molecule has 3 heteroatoms. The molecule has 0 heterocycles. The van der Waals surface area contributed by atoms with Gasteiger partial charge in [-0.05, 0) is 17.7 Å². The Labute approximate surface area is 66.1 Å². The first-order chi connectivity index (χ1) is 5.24. The van der Waals surface area contributed by atoms with Crippen molar-refractivity contribution in [3.05, 3.63) is 36.4 Å². The maximum Gasteiger partial charge on any atom is 0.218 e. The van der Waals surface area contributed by atoms with E-state index in [1.807, 2.05) is 0 Å². The van der Waals surface area contributed by atoms with Crippen LogP contribution in [0.25, 0.3) is 6.08 Å². The van der Waals surface area contributed by atoms with Crippen molar-refractivity contribution in [2.75, 3.05) is 0 Å². The lowest BCUT2D eigenvalue weighted by Crippen LogP contribution is -1.93. The van der Waals surface area contributed by atoms with E-state index in [4.69, 9.17) is 4.89 Å². The molecule has 1 unspecified atom stereocenters. The summed E-state index contributed by atoms with van der Waals surface area (Å²) in [5, 5.41) is 0.487. The average molecular weight is 168 g/mol. The molecule has 0 saturated carbocycles. The van der Waals surface area contributed by atoms with Gasteiger partial charge in [0.25, 0.3) is 0 Å². The lowest BCUT2D eigenvalue weighted by atomic mass is 10.2. The van der Waals surface area contributed by atoms with Crippen molar-refractivity contribution in [3.63, 3.8) is 0 Å². The van der Waals surface area contributed by atoms with Gasteiger partial charge in [0, 0.05) is 5.30 Å². The van der Waals surface area contributed by atoms with Crippen molar-refractivity contribution in [1.29, 1.82) is 0 Å². The van der Waals surface area contributed by atoms with Crippen LogP contribution in [0.2, 0.25) is 0 Å². The lowest BCUT2D eigenvalue weighted by Gasteiger charge is -1.95. The highest BCUT2D eigenvalue weighted by Crippen LogP contribution is 2.12. The predicted molar refractivity (Wildman–Crippen MR) is 47.4 cm³/mol. The summed E-state index contributed by atoms with van der Waals surface area (Å²) in [5.41, 5.74) is 0.956. The van der Waals surface area contributed by atoms with Crippen molar-refractivity contribution in [3.8, 4) is 0 Å². The van der Waals surface area contributed by atoms with Crippen LogP contribution < -0.4 is 5.30 Å². The summed E-state index contributed by atoms with van der Waals surface area (Å²) in [7, 11) is -2.52. The summed E-state index contributed by atoms with van der Waals surface area (Å²) in [6.45, 7) is 3.57. The van der Waals surface area contributed by atoms with Crippen molar-refractivity contribution < 1.29 is 9.46 Å². The maximum absolute atomic E-state index is 10.6. The highest BCUT2D eigenvalue weighted by molar-refractivity contribution is 7.47. The van der Waals surface area contributed by atoms with Gasteiger partial charge < -0.3 is 4.89 Å². The van der Waals surface area contributed by atoms with Crippen LogP contribution in [0.15, 0.2) is 30.8 Å². The van der Waals surface area contributed by atoms with Gasteiger partial charge in [0.2, 0.25) is 8.03 Å². The summed E-state index contributed by atoms with van der Waals surface area (Å²) in [5.74, 6) is 0. The van der Waals surface area contributed by atoms with E-state index in [2.05, 4.69) is 6.58 Å². The van der Waals surface area contributed by atoms with Crippen molar-refractivity contribution >= 4 is 19.4 Å². The summed E-state index contributed by atoms with van der Waals surface area (Å²) in [4.78, 5) is 8.71. The first-order valence-corrected chi connectivity index (χ1v) is 4.55. The molecule has 0 aliphatic rings. The second-order valence-corrected chi connectivity index (χ2v) is 3.32. The number of hydrogen-bond acceptors (Lipinski definition) is 1. The fraction of sp³-hybridized carbons (Fsp3) is 0. The minimum Gasteiger partial charge on any atom is -0.343 e. The molecule has 1 aromatic rings. The minimum atomic E-state index is -2.52. The summed E-state index contributed by atoms with van der Waals surface area (Å²) in [6.07, 6.45) is 1.69. The van der Waals surface area contributed by atoms with Crippen LogP contribution in [0.5, 0.6) is 0 Å². The largest absolute Gasteiger partial charge is 0.343 e. The molecule has 0 bridgehead atoms. The highest BCUT2D eigenvalue weighted by atomic mass is 31.1. The molecule has 0 fully saturated rings. The van der Waals surface area contributed by atoms with Crippen LogP contribution in [0.4, 0.5) is 0 Å². The zero-order valence-corrected chi connectivity index (χ0v) is 6.95. The topological polar surface area (TPSA) is 37.3 Å². The van der Waals surface area contributed by atoms with Gasteiger partial charge in [-0.15, -0.1) is 0 Å². The molecular weight excluding hydrogens is 159 g/mol. The van der Waals surface area contributed by atoms with Gasteiger partial charge in [0.05, 0.1) is 0 Å². The fourth-order valence-corrected chi connectivity index (χ4v) is 1.21. The SMILES string of the molecule is C=Cc1ccc([PH](=O)O)cc1. The van der Waals surface area contributed by atoms with Crippen LogP contribution in [0, 0.1) is 0 Å². The van der Waals surface area contributed by atoms with Crippen LogP contribution in [0.1, 0.15) is 5.56 Å². The fourth-order valence-electron chi connectivity index (χ4n) is 0.762.